The van der Waals surface area contributed by atoms with Gasteiger partial charge in [-0.05, 0) is 44.1 Å². The largest absolute Gasteiger partial charge is 0.465 e. The molecule has 18 heavy (non-hydrogen) atoms. The fourth-order valence-electron chi connectivity index (χ4n) is 2.10. The Labute approximate surface area is 109 Å². The van der Waals surface area contributed by atoms with E-state index in [1.54, 1.807) is 6.26 Å². The van der Waals surface area contributed by atoms with Crippen LogP contribution in [0, 0.1) is 0 Å². The van der Waals surface area contributed by atoms with Crippen molar-refractivity contribution in [1.82, 2.24) is 10.2 Å². The first-order chi connectivity index (χ1) is 8.95. The van der Waals surface area contributed by atoms with E-state index in [0.717, 1.165) is 19.0 Å². The Morgan fingerprint density at radius 1 is 1.11 bits per heavy atom. The Morgan fingerprint density at radius 3 is 2.67 bits per heavy atom. The molecule has 1 aromatic rings. The van der Waals surface area contributed by atoms with Crippen LogP contribution < -0.4 is 10.1 Å². The molecule has 0 unspecified atom stereocenters. The maximum atomic E-state index is 5.46. The number of benzene rings is 1. The molecule has 0 spiro atoms. The van der Waals surface area contributed by atoms with Crippen molar-refractivity contribution in [2.24, 2.45) is 0 Å². The summed E-state index contributed by atoms with van der Waals surface area (Å²) in [5, 5.41) is 3.40. The summed E-state index contributed by atoms with van der Waals surface area (Å²) in [6.45, 7) is 4.30. The molecular formula is C15H22N2O. The van der Waals surface area contributed by atoms with Crippen LogP contribution in [0.3, 0.4) is 0 Å². The van der Waals surface area contributed by atoms with E-state index in [-0.39, 0.29) is 0 Å². The van der Waals surface area contributed by atoms with E-state index in [1.807, 2.05) is 36.4 Å². The number of para-hydroxylation sites is 1. The van der Waals surface area contributed by atoms with Gasteiger partial charge in [0, 0.05) is 13.2 Å². The molecular weight excluding hydrogens is 224 g/mol. The molecule has 1 fully saturated rings. The number of hydrogen-bond acceptors (Lipinski definition) is 3. The summed E-state index contributed by atoms with van der Waals surface area (Å²) in [5.41, 5.74) is 0. The van der Waals surface area contributed by atoms with Crippen LogP contribution >= 0.6 is 0 Å². The highest BCUT2D eigenvalue weighted by Crippen LogP contribution is 2.08. The van der Waals surface area contributed by atoms with Gasteiger partial charge in [-0.2, -0.15) is 0 Å². The van der Waals surface area contributed by atoms with E-state index in [1.165, 1.54) is 32.4 Å². The summed E-state index contributed by atoms with van der Waals surface area (Å²) in [4.78, 5) is 2.47. The van der Waals surface area contributed by atoms with Crippen LogP contribution in [0.1, 0.15) is 19.3 Å². The molecule has 1 heterocycles. The second kappa shape index (κ2) is 7.90. The van der Waals surface area contributed by atoms with Gasteiger partial charge in [-0.3, -0.25) is 4.90 Å². The Morgan fingerprint density at radius 2 is 1.89 bits per heavy atom. The molecule has 0 aromatic heterocycles. The molecule has 0 bridgehead atoms. The Hall–Kier alpha value is -1.32. The van der Waals surface area contributed by atoms with Crippen LogP contribution in [0.4, 0.5) is 0 Å². The van der Waals surface area contributed by atoms with Crippen molar-refractivity contribution >= 4 is 0 Å². The normalized spacial score (nSPS) is 17.1. The average molecular weight is 246 g/mol. The molecule has 1 saturated heterocycles. The molecule has 1 aromatic carbocycles. The van der Waals surface area contributed by atoms with Crippen molar-refractivity contribution < 1.29 is 4.74 Å². The van der Waals surface area contributed by atoms with E-state index < -0.39 is 0 Å². The minimum atomic E-state index is 0.851. The van der Waals surface area contributed by atoms with E-state index in [9.17, 15) is 0 Å². The number of nitrogens with zero attached hydrogens (tertiary/aromatic N) is 1. The molecule has 3 nitrogen and oxygen atoms in total. The smallest absolute Gasteiger partial charge is 0.126 e. The topological polar surface area (TPSA) is 24.5 Å². The van der Waals surface area contributed by atoms with E-state index in [0.29, 0.717) is 0 Å². The summed E-state index contributed by atoms with van der Waals surface area (Å²) in [6, 6.07) is 9.82. The summed E-state index contributed by atoms with van der Waals surface area (Å²) in [7, 11) is 0. The van der Waals surface area contributed by atoms with Gasteiger partial charge in [0.1, 0.15) is 5.75 Å². The van der Waals surface area contributed by atoms with Crippen molar-refractivity contribution in [3.05, 3.63) is 42.7 Å². The zero-order chi connectivity index (χ0) is 12.5. The number of ether oxygens (including phenoxy) is 1. The lowest BCUT2D eigenvalue weighted by Crippen LogP contribution is -2.37. The van der Waals surface area contributed by atoms with Crippen molar-refractivity contribution in [1.29, 1.82) is 0 Å². The van der Waals surface area contributed by atoms with E-state index in [2.05, 4.69) is 10.2 Å². The number of likely N-dealkylation sites (tertiary alicyclic amines) is 1. The van der Waals surface area contributed by atoms with Crippen LogP contribution in [-0.2, 0) is 0 Å². The lowest BCUT2D eigenvalue weighted by molar-refractivity contribution is 0.215. The number of piperidine rings is 1. The zero-order valence-electron chi connectivity index (χ0n) is 10.8. The third kappa shape index (κ3) is 4.90. The standard InChI is InChI=1S/C15H22N2O/c1-3-8-15(9-4-1)18-13-7-10-16-14-17-11-5-2-6-12-17/h1,3-4,7-9,13,16H,2,5-6,10-12,14H2. The SMILES string of the molecule is C(=COc1ccccc1)CNCN1CCCCC1. The second-order valence-electron chi connectivity index (χ2n) is 4.59. The van der Waals surface area contributed by atoms with Gasteiger partial charge < -0.3 is 10.1 Å². The molecule has 3 heteroatoms. The van der Waals surface area contributed by atoms with Crippen LogP contribution in [-0.4, -0.2) is 31.2 Å². The zero-order valence-corrected chi connectivity index (χ0v) is 10.8. The van der Waals surface area contributed by atoms with Crippen LogP contribution in [0.5, 0.6) is 5.75 Å². The van der Waals surface area contributed by atoms with Crippen LogP contribution in [0.2, 0.25) is 0 Å². The van der Waals surface area contributed by atoms with Gasteiger partial charge in [0.15, 0.2) is 0 Å². The van der Waals surface area contributed by atoms with Crippen LogP contribution in [0.25, 0.3) is 0 Å². The highest BCUT2D eigenvalue weighted by Gasteiger charge is 2.07. The van der Waals surface area contributed by atoms with Crippen molar-refractivity contribution in [2.75, 3.05) is 26.3 Å². The van der Waals surface area contributed by atoms with E-state index in [4.69, 9.17) is 4.74 Å². The first-order valence-electron chi connectivity index (χ1n) is 6.75. The van der Waals surface area contributed by atoms with Gasteiger partial charge in [0.05, 0.1) is 6.26 Å². The van der Waals surface area contributed by atoms with Gasteiger partial charge >= 0.3 is 0 Å². The van der Waals surface area contributed by atoms with Crippen LogP contribution in [0.15, 0.2) is 42.7 Å². The summed E-state index contributed by atoms with van der Waals surface area (Å²) >= 11 is 0. The maximum absolute atomic E-state index is 5.46. The first-order valence-corrected chi connectivity index (χ1v) is 6.75. The molecule has 1 aliphatic heterocycles. The molecule has 0 aliphatic carbocycles. The fraction of sp³-hybridized carbons (Fsp3) is 0.467. The van der Waals surface area contributed by atoms with Gasteiger partial charge in [-0.1, -0.05) is 24.6 Å². The number of rotatable bonds is 6. The lowest BCUT2D eigenvalue weighted by atomic mass is 10.1. The average Bonchev–Trinajstić information content (AvgIpc) is 2.45. The first kappa shape index (κ1) is 13.1. The van der Waals surface area contributed by atoms with Gasteiger partial charge in [-0.25, -0.2) is 0 Å². The Bertz CT molecular complexity index is 345. The van der Waals surface area contributed by atoms with E-state index >= 15 is 0 Å². The quantitative estimate of drug-likeness (QED) is 0.617. The molecule has 98 valence electrons. The predicted octanol–water partition coefficient (Wildman–Crippen LogP) is 2.61. The predicted molar refractivity (Wildman–Crippen MR) is 74.5 cm³/mol. The van der Waals surface area contributed by atoms with Gasteiger partial charge in [0.2, 0.25) is 0 Å². The van der Waals surface area contributed by atoms with Crippen molar-refractivity contribution in [3.8, 4) is 5.75 Å². The molecule has 1 N–H and O–H groups in total. The highest BCUT2D eigenvalue weighted by atomic mass is 16.5. The summed E-state index contributed by atoms with van der Waals surface area (Å²) in [5.74, 6) is 0.879. The molecule has 1 aliphatic rings. The third-order valence-electron chi connectivity index (χ3n) is 3.09. The number of nitrogens with one attached hydrogen (secondary N) is 1. The molecule has 0 amide bonds. The lowest BCUT2D eigenvalue weighted by Gasteiger charge is -2.26. The highest BCUT2D eigenvalue weighted by molar-refractivity contribution is 5.21. The molecule has 0 atom stereocenters. The molecule has 0 saturated carbocycles. The summed E-state index contributed by atoms with van der Waals surface area (Å²) < 4.78 is 5.46. The molecule has 2 rings (SSSR count). The Kier molecular flexibility index (Phi) is 5.76. The monoisotopic (exact) mass is 246 g/mol. The molecule has 0 radical (unpaired) electrons. The fourth-order valence-corrected chi connectivity index (χ4v) is 2.10. The van der Waals surface area contributed by atoms with Crippen molar-refractivity contribution in [3.63, 3.8) is 0 Å². The maximum Gasteiger partial charge on any atom is 0.126 e. The summed E-state index contributed by atoms with van der Waals surface area (Å²) in [6.07, 6.45) is 7.83. The van der Waals surface area contributed by atoms with Crippen molar-refractivity contribution in [2.45, 2.75) is 19.3 Å². The second-order valence-corrected chi connectivity index (χ2v) is 4.59. The van der Waals surface area contributed by atoms with Gasteiger partial charge in [-0.15, -0.1) is 0 Å². The Balaban J connectivity index is 1.55. The third-order valence-corrected chi connectivity index (χ3v) is 3.09. The minimum Gasteiger partial charge on any atom is -0.465 e. The van der Waals surface area contributed by atoms with Gasteiger partial charge in [0.25, 0.3) is 0 Å². The number of hydrogen-bond donors (Lipinski definition) is 1. The minimum absolute atomic E-state index is 0.851.